The smallest absolute Gasteiger partial charge is 0.312 e. The topological polar surface area (TPSA) is 46.5 Å². The van der Waals surface area contributed by atoms with E-state index >= 15 is 0 Å². The highest BCUT2D eigenvalue weighted by Gasteiger charge is 2.48. The zero-order chi connectivity index (χ0) is 14.0. The lowest BCUT2D eigenvalue weighted by Gasteiger charge is -2.27. The number of rotatable bonds is 4. The number of carboxylic acids is 1. The van der Waals surface area contributed by atoms with Gasteiger partial charge in [0.15, 0.2) is 0 Å². The van der Waals surface area contributed by atoms with Gasteiger partial charge in [-0.3, -0.25) is 4.79 Å². The number of benzene rings is 1. The largest absolute Gasteiger partial charge is 0.481 e. The van der Waals surface area contributed by atoms with Gasteiger partial charge in [-0.15, -0.1) is 0 Å². The third-order valence-electron chi connectivity index (χ3n) is 4.29. The van der Waals surface area contributed by atoms with Gasteiger partial charge < -0.3 is 9.84 Å². The van der Waals surface area contributed by atoms with Crippen LogP contribution in [0.2, 0.25) is 0 Å². The maximum Gasteiger partial charge on any atom is 0.312 e. The van der Waals surface area contributed by atoms with E-state index in [2.05, 4.69) is 26.0 Å². The molecule has 0 aromatic heterocycles. The summed E-state index contributed by atoms with van der Waals surface area (Å²) in [5.74, 6) is -0.248. The lowest BCUT2D eigenvalue weighted by molar-refractivity contribution is -0.151. The first kappa shape index (κ1) is 14.1. The molecule has 3 nitrogen and oxygen atoms in total. The van der Waals surface area contributed by atoms with Crippen LogP contribution in [-0.2, 0) is 16.0 Å². The fourth-order valence-corrected chi connectivity index (χ4v) is 2.75. The van der Waals surface area contributed by atoms with E-state index in [0.29, 0.717) is 25.4 Å². The van der Waals surface area contributed by atoms with Crippen molar-refractivity contribution in [2.24, 2.45) is 5.41 Å². The van der Waals surface area contributed by atoms with Crippen LogP contribution in [0.15, 0.2) is 24.3 Å². The summed E-state index contributed by atoms with van der Waals surface area (Å²) >= 11 is 0. The number of hydrogen-bond acceptors (Lipinski definition) is 2. The van der Waals surface area contributed by atoms with E-state index in [9.17, 15) is 9.90 Å². The van der Waals surface area contributed by atoms with Gasteiger partial charge in [0.25, 0.3) is 0 Å². The number of ether oxygens (including phenoxy) is 1. The zero-order valence-corrected chi connectivity index (χ0v) is 11.8. The van der Waals surface area contributed by atoms with Crippen LogP contribution in [0.3, 0.4) is 0 Å². The Morgan fingerprint density at radius 3 is 2.47 bits per heavy atom. The van der Waals surface area contributed by atoms with Crippen molar-refractivity contribution >= 4 is 5.97 Å². The molecule has 1 aromatic rings. The highest BCUT2D eigenvalue weighted by molar-refractivity contribution is 5.76. The Balaban J connectivity index is 2.21. The van der Waals surface area contributed by atoms with Crippen LogP contribution < -0.4 is 0 Å². The Morgan fingerprint density at radius 1 is 1.42 bits per heavy atom. The molecule has 19 heavy (non-hydrogen) atoms. The molecule has 0 radical (unpaired) electrons. The molecule has 1 heterocycles. The van der Waals surface area contributed by atoms with E-state index < -0.39 is 11.4 Å². The first-order valence-electron chi connectivity index (χ1n) is 6.89. The molecule has 1 N–H and O–H groups in total. The molecule has 0 spiro atoms. The average Bonchev–Trinajstić information content (AvgIpc) is 2.73. The Labute approximate surface area is 114 Å². The van der Waals surface area contributed by atoms with E-state index in [1.54, 1.807) is 0 Å². The minimum Gasteiger partial charge on any atom is -0.481 e. The summed E-state index contributed by atoms with van der Waals surface area (Å²) in [7, 11) is 0. The third kappa shape index (κ3) is 2.66. The Kier molecular flexibility index (Phi) is 3.95. The molecule has 2 unspecified atom stereocenters. The van der Waals surface area contributed by atoms with Crippen LogP contribution in [0, 0.1) is 5.41 Å². The normalized spacial score (nSPS) is 26.8. The average molecular weight is 262 g/mol. The molecule has 1 fully saturated rings. The highest BCUT2D eigenvalue weighted by Crippen LogP contribution is 2.38. The van der Waals surface area contributed by atoms with Gasteiger partial charge in [0, 0.05) is 6.61 Å². The molecule has 1 saturated heterocycles. The van der Waals surface area contributed by atoms with E-state index in [1.165, 1.54) is 5.56 Å². The van der Waals surface area contributed by atoms with Crippen molar-refractivity contribution < 1.29 is 14.6 Å². The molecule has 1 aliphatic heterocycles. The summed E-state index contributed by atoms with van der Waals surface area (Å²) in [6, 6.07) is 8.28. The highest BCUT2D eigenvalue weighted by atomic mass is 16.5. The van der Waals surface area contributed by atoms with Crippen LogP contribution in [0.5, 0.6) is 0 Å². The first-order chi connectivity index (χ1) is 8.95. The van der Waals surface area contributed by atoms with Crippen molar-refractivity contribution in [2.75, 3.05) is 6.61 Å². The molecule has 3 heteroatoms. The van der Waals surface area contributed by atoms with Gasteiger partial charge in [0.2, 0.25) is 0 Å². The predicted octanol–water partition coefficient (Wildman–Crippen LogP) is 3.23. The maximum atomic E-state index is 11.6. The third-order valence-corrected chi connectivity index (χ3v) is 4.29. The van der Waals surface area contributed by atoms with Crippen LogP contribution in [-0.4, -0.2) is 23.8 Å². The molecule has 0 aliphatic carbocycles. The molecule has 1 aromatic carbocycles. The zero-order valence-electron chi connectivity index (χ0n) is 11.8. The summed E-state index contributed by atoms with van der Waals surface area (Å²) in [5, 5.41) is 9.56. The first-order valence-corrected chi connectivity index (χ1v) is 6.89. The van der Waals surface area contributed by atoms with Gasteiger partial charge in [-0.05, 0) is 36.8 Å². The van der Waals surface area contributed by atoms with Gasteiger partial charge in [-0.1, -0.05) is 38.1 Å². The van der Waals surface area contributed by atoms with Gasteiger partial charge in [-0.25, -0.2) is 0 Å². The van der Waals surface area contributed by atoms with Gasteiger partial charge in [0.1, 0.15) is 0 Å². The predicted molar refractivity (Wildman–Crippen MR) is 74.3 cm³/mol. The molecule has 2 atom stereocenters. The van der Waals surface area contributed by atoms with Crippen LogP contribution in [0.1, 0.15) is 44.2 Å². The molecular formula is C16H22O3. The summed E-state index contributed by atoms with van der Waals surface area (Å²) in [6.45, 7) is 6.71. The molecular weight excluding hydrogens is 240 g/mol. The second kappa shape index (κ2) is 5.33. The van der Waals surface area contributed by atoms with E-state index in [4.69, 9.17) is 4.74 Å². The van der Waals surface area contributed by atoms with E-state index in [-0.39, 0.29) is 6.10 Å². The molecule has 1 aliphatic rings. The number of aliphatic carboxylic acids is 1. The van der Waals surface area contributed by atoms with Gasteiger partial charge in [0.05, 0.1) is 11.5 Å². The number of carboxylic acid groups (broad SMARTS) is 1. The van der Waals surface area contributed by atoms with E-state index in [1.807, 2.05) is 19.1 Å². The standard InChI is InChI=1S/C16H22O3/c1-11(2)14-6-4-13(5-7-14)10-16(15(17)18)8-9-19-12(16)3/h4-7,11-12H,8-10H2,1-3H3,(H,17,18). The van der Waals surface area contributed by atoms with Crippen LogP contribution in [0.4, 0.5) is 0 Å². The lowest BCUT2D eigenvalue weighted by atomic mass is 9.76. The summed E-state index contributed by atoms with van der Waals surface area (Å²) < 4.78 is 5.48. The summed E-state index contributed by atoms with van der Waals surface area (Å²) in [4.78, 5) is 11.6. The van der Waals surface area contributed by atoms with Crippen molar-refractivity contribution in [3.8, 4) is 0 Å². The van der Waals surface area contributed by atoms with Crippen LogP contribution >= 0.6 is 0 Å². The van der Waals surface area contributed by atoms with Crippen molar-refractivity contribution in [1.82, 2.24) is 0 Å². The number of hydrogen-bond donors (Lipinski definition) is 1. The summed E-state index contributed by atoms with van der Waals surface area (Å²) in [6.07, 6.45) is 0.909. The molecule has 0 amide bonds. The van der Waals surface area contributed by atoms with Gasteiger partial charge >= 0.3 is 5.97 Å². The van der Waals surface area contributed by atoms with Crippen LogP contribution in [0.25, 0.3) is 0 Å². The number of carbonyl (C=O) groups is 1. The van der Waals surface area contributed by atoms with Crippen molar-refractivity contribution in [3.05, 3.63) is 35.4 Å². The van der Waals surface area contributed by atoms with Crippen molar-refractivity contribution in [1.29, 1.82) is 0 Å². The molecule has 0 saturated carbocycles. The molecule has 2 rings (SSSR count). The fraction of sp³-hybridized carbons (Fsp3) is 0.562. The van der Waals surface area contributed by atoms with Crippen molar-refractivity contribution in [3.63, 3.8) is 0 Å². The second-order valence-corrected chi connectivity index (χ2v) is 5.80. The Hall–Kier alpha value is -1.35. The second-order valence-electron chi connectivity index (χ2n) is 5.80. The fourth-order valence-electron chi connectivity index (χ4n) is 2.75. The minimum atomic E-state index is -0.765. The monoisotopic (exact) mass is 262 g/mol. The Morgan fingerprint density at radius 2 is 2.05 bits per heavy atom. The van der Waals surface area contributed by atoms with Gasteiger partial charge in [-0.2, -0.15) is 0 Å². The summed E-state index contributed by atoms with van der Waals surface area (Å²) in [5.41, 5.74) is 1.59. The SMILES string of the molecule is CC(C)c1ccc(CC2(C(=O)O)CCOC2C)cc1. The quantitative estimate of drug-likeness (QED) is 0.906. The Bertz CT molecular complexity index is 450. The molecule has 104 valence electrons. The lowest BCUT2D eigenvalue weighted by Crippen LogP contribution is -2.39. The minimum absolute atomic E-state index is 0.227. The van der Waals surface area contributed by atoms with E-state index in [0.717, 1.165) is 5.56 Å². The van der Waals surface area contributed by atoms with Crippen molar-refractivity contribution in [2.45, 2.75) is 45.6 Å². The maximum absolute atomic E-state index is 11.6. The molecule has 0 bridgehead atoms.